The highest BCUT2D eigenvalue weighted by molar-refractivity contribution is 5.97. The Kier molecular flexibility index (Phi) is 6.23. The van der Waals surface area contributed by atoms with Crippen molar-refractivity contribution in [2.75, 3.05) is 13.7 Å². The predicted molar refractivity (Wildman–Crippen MR) is 123 cm³/mol. The third-order valence-corrected chi connectivity index (χ3v) is 5.66. The van der Waals surface area contributed by atoms with E-state index in [1.165, 1.54) is 13.2 Å². The van der Waals surface area contributed by atoms with Crippen LogP contribution in [0.5, 0.6) is 5.75 Å². The standard InChI is InChI=1S/C26H25FN2O3/c1-16-7-8-17(18-9-10-25(32-2)23(27)13-18)12-22(16)26(31)29-20(15-30)11-19-14-28-24-6-4-3-5-21(19)24/h3-10,12-14,20,28,30H,11,15H2,1-2H3,(H,29,31)/t20-/m1/s1. The van der Waals surface area contributed by atoms with Crippen molar-refractivity contribution in [1.82, 2.24) is 10.3 Å². The van der Waals surface area contributed by atoms with Gasteiger partial charge >= 0.3 is 0 Å². The largest absolute Gasteiger partial charge is 0.494 e. The van der Waals surface area contributed by atoms with E-state index >= 15 is 0 Å². The van der Waals surface area contributed by atoms with Crippen LogP contribution in [-0.4, -0.2) is 35.8 Å². The third kappa shape index (κ3) is 4.36. The lowest BCUT2D eigenvalue weighted by molar-refractivity contribution is 0.0916. The van der Waals surface area contributed by atoms with E-state index in [1.807, 2.05) is 49.5 Å². The highest BCUT2D eigenvalue weighted by Crippen LogP contribution is 2.27. The Morgan fingerprint density at radius 1 is 1.12 bits per heavy atom. The first kappa shape index (κ1) is 21.6. The van der Waals surface area contributed by atoms with Gasteiger partial charge in [-0.1, -0.05) is 36.4 Å². The number of rotatable bonds is 7. The lowest BCUT2D eigenvalue weighted by atomic mass is 9.98. The summed E-state index contributed by atoms with van der Waals surface area (Å²) >= 11 is 0. The Morgan fingerprint density at radius 3 is 2.62 bits per heavy atom. The highest BCUT2D eigenvalue weighted by atomic mass is 19.1. The summed E-state index contributed by atoms with van der Waals surface area (Å²) in [5, 5.41) is 13.9. The lowest BCUT2D eigenvalue weighted by Gasteiger charge is -2.17. The van der Waals surface area contributed by atoms with Gasteiger partial charge in [-0.25, -0.2) is 4.39 Å². The number of aliphatic hydroxyl groups excluding tert-OH is 1. The van der Waals surface area contributed by atoms with Crippen LogP contribution < -0.4 is 10.1 Å². The minimum Gasteiger partial charge on any atom is -0.494 e. The van der Waals surface area contributed by atoms with Gasteiger partial charge in [0.2, 0.25) is 0 Å². The van der Waals surface area contributed by atoms with Crippen LogP contribution in [0, 0.1) is 12.7 Å². The van der Waals surface area contributed by atoms with Crippen LogP contribution in [0.4, 0.5) is 4.39 Å². The number of carbonyl (C=O) groups is 1. The summed E-state index contributed by atoms with van der Waals surface area (Å²) in [6.07, 6.45) is 2.40. The SMILES string of the molecule is COc1ccc(-c2ccc(C)c(C(=O)N[C@@H](CO)Cc3c[nH]c4ccccc34)c2)cc1F. The van der Waals surface area contributed by atoms with E-state index in [9.17, 15) is 14.3 Å². The number of aromatic amines is 1. The first-order chi connectivity index (χ1) is 15.5. The second-order valence-electron chi connectivity index (χ2n) is 7.80. The quantitative estimate of drug-likeness (QED) is 0.399. The molecule has 4 rings (SSSR count). The van der Waals surface area contributed by atoms with E-state index in [0.717, 1.165) is 27.6 Å². The molecular weight excluding hydrogens is 407 g/mol. The number of aromatic nitrogens is 1. The van der Waals surface area contributed by atoms with Crippen LogP contribution in [-0.2, 0) is 6.42 Å². The topological polar surface area (TPSA) is 74.3 Å². The van der Waals surface area contributed by atoms with Crippen LogP contribution in [0.3, 0.4) is 0 Å². The van der Waals surface area contributed by atoms with Gasteiger partial charge in [0.15, 0.2) is 11.6 Å². The van der Waals surface area contributed by atoms with E-state index in [2.05, 4.69) is 10.3 Å². The molecular formula is C26H25FN2O3. The minimum absolute atomic E-state index is 0.168. The van der Waals surface area contributed by atoms with Crippen molar-refractivity contribution < 1.29 is 19.0 Å². The normalized spacial score (nSPS) is 12.0. The van der Waals surface area contributed by atoms with Crippen LogP contribution >= 0.6 is 0 Å². The number of amides is 1. The summed E-state index contributed by atoms with van der Waals surface area (Å²) < 4.78 is 19.1. The van der Waals surface area contributed by atoms with Crippen molar-refractivity contribution >= 4 is 16.8 Å². The number of hydrogen-bond donors (Lipinski definition) is 3. The molecule has 0 aliphatic rings. The Balaban J connectivity index is 1.55. The minimum atomic E-state index is -0.462. The second-order valence-corrected chi connectivity index (χ2v) is 7.80. The molecule has 1 atom stereocenters. The fourth-order valence-corrected chi connectivity index (χ4v) is 3.88. The molecule has 6 heteroatoms. The molecule has 0 unspecified atom stereocenters. The van der Waals surface area contributed by atoms with E-state index < -0.39 is 11.9 Å². The average Bonchev–Trinajstić information content (AvgIpc) is 3.21. The number of aryl methyl sites for hydroxylation is 1. The van der Waals surface area contributed by atoms with Gasteiger partial charge in [0.1, 0.15) is 0 Å². The Labute approximate surface area is 185 Å². The maximum Gasteiger partial charge on any atom is 0.251 e. The number of ether oxygens (including phenoxy) is 1. The summed E-state index contributed by atoms with van der Waals surface area (Å²) in [5.74, 6) is -0.574. The molecule has 0 aliphatic heterocycles. The van der Waals surface area contributed by atoms with Crippen LogP contribution in [0.1, 0.15) is 21.5 Å². The number of para-hydroxylation sites is 1. The number of H-pyrrole nitrogens is 1. The number of hydrogen-bond acceptors (Lipinski definition) is 3. The van der Waals surface area contributed by atoms with Gasteiger partial charge in [-0.2, -0.15) is 0 Å². The Hall–Kier alpha value is -3.64. The summed E-state index contributed by atoms with van der Waals surface area (Å²) in [7, 11) is 1.42. The predicted octanol–water partition coefficient (Wildman–Crippen LogP) is 4.62. The fourth-order valence-electron chi connectivity index (χ4n) is 3.88. The van der Waals surface area contributed by atoms with Crippen LogP contribution in [0.25, 0.3) is 22.0 Å². The maximum atomic E-state index is 14.1. The zero-order valence-corrected chi connectivity index (χ0v) is 18.0. The van der Waals surface area contributed by atoms with Crippen molar-refractivity contribution in [2.24, 2.45) is 0 Å². The van der Waals surface area contributed by atoms with Crippen molar-refractivity contribution in [3.8, 4) is 16.9 Å². The van der Waals surface area contributed by atoms with E-state index in [0.29, 0.717) is 17.5 Å². The molecule has 0 fully saturated rings. The molecule has 3 aromatic carbocycles. The maximum absolute atomic E-state index is 14.1. The zero-order valence-electron chi connectivity index (χ0n) is 18.0. The van der Waals surface area contributed by atoms with E-state index in [4.69, 9.17) is 4.74 Å². The molecule has 0 saturated carbocycles. The number of methoxy groups -OCH3 is 1. The van der Waals surface area contributed by atoms with Crippen molar-refractivity contribution in [3.63, 3.8) is 0 Å². The van der Waals surface area contributed by atoms with Crippen LogP contribution in [0.15, 0.2) is 66.9 Å². The molecule has 3 N–H and O–H groups in total. The van der Waals surface area contributed by atoms with Crippen LogP contribution in [0.2, 0.25) is 0 Å². The molecule has 1 amide bonds. The number of halogens is 1. The number of benzene rings is 3. The lowest BCUT2D eigenvalue weighted by Crippen LogP contribution is -2.39. The summed E-state index contributed by atoms with van der Waals surface area (Å²) in [4.78, 5) is 16.3. The molecule has 164 valence electrons. The van der Waals surface area contributed by atoms with Crippen molar-refractivity contribution in [2.45, 2.75) is 19.4 Å². The zero-order chi connectivity index (χ0) is 22.7. The molecule has 0 aliphatic carbocycles. The van der Waals surface area contributed by atoms with Crippen molar-refractivity contribution in [1.29, 1.82) is 0 Å². The number of nitrogens with one attached hydrogen (secondary N) is 2. The monoisotopic (exact) mass is 432 g/mol. The number of aliphatic hydroxyl groups is 1. The third-order valence-electron chi connectivity index (χ3n) is 5.66. The van der Waals surface area contributed by atoms with Gasteiger partial charge in [-0.3, -0.25) is 4.79 Å². The fraction of sp³-hybridized carbons (Fsp3) is 0.192. The first-order valence-corrected chi connectivity index (χ1v) is 10.4. The second kappa shape index (κ2) is 9.24. The summed E-state index contributed by atoms with van der Waals surface area (Å²) in [5.41, 5.74) is 4.69. The van der Waals surface area contributed by atoms with Gasteiger partial charge in [0.25, 0.3) is 5.91 Å². The van der Waals surface area contributed by atoms with E-state index in [1.54, 1.807) is 18.2 Å². The number of carbonyl (C=O) groups excluding carboxylic acids is 1. The molecule has 5 nitrogen and oxygen atoms in total. The Morgan fingerprint density at radius 2 is 1.88 bits per heavy atom. The molecule has 1 heterocycles. The van der Waals surface area contributed by atoms with Crippen molar-refractivity contribution in [3.05, 3.63) is 89.4 Å². The smallest absolute Gasteiger partial charge is 0.251 e. The first-order valence-electron chi connectivity index (χ1n) is 10.4. The molecule has 4 aromatic rings. The summed E-state index contributed by atoms with van der Waals surface area (Å²) in [6.45, 7) is 1.66. The molecule has 1 aromatic heterocycles. The number of fused-ring (bicyclic) bond motifs is 1. The van der Waals surface area contributed by atoms with Gasteiger partial charge in [0, 0.05) is 22.7 Å². The van der Waals surface area contributed by atoms with E-state index in [-0.39, 0.29) is 18.3 Å². The van der Waals surface area contributed by atoms with Gasteiger partial charge in [0.05, 0.1) is 19.8 Å². The molecule has 0 saturated heterocycles. The highest BCUT2D eigenvalue weighted by Gasteiger charge is 2.18. The van der Waals surface area contributed by atoms with Gasteiger partial charge in [-0.15, -0.1) is 0 Å². The summed E-state index contributed by atoms with van der Waals surface area (Å²) in [6, 6.07) is 17.6. The molecule has 32 heavy (non-hydrogen) atoms. The Bertz CT molecular complexity index is 1270. The average molecular weight is 432 g/mol. The molecule has 0 radical (unpaired) electrons. The van der Waals surface area contributed by atoms with Gasteiger partial charge < -0.3 is 20.1 Å². The molecule has 0 bridgehead atoms. The molecule has 0 spiro atoms. The van der Waals surface area contributed by atoms with Gasteiger partial charge in [-0.05, 0) is 59.9 Å².